The van der Waals surface area contributed by atoms with Crippen LogP contribution in [0.5, 0.6) is 11.5 Å². The summed E-state index contributed by atoms with van der Waals surface area (Å²) in [5.74, 6) is 1.31. The van der Waals surface area contributed by atoms with Crippen LogP contribution in [-0.2, 0) is 39.5 Å². The van der Waals surface area contributed by atoms with Crippen LogP contribution in [0.25, 0.3) is 10.8 Å². The van der Waals surface area contributed by atoms with Gasteiger partial charge >= 0.3 is 15.2 Å². The summed E-state index contributed by atoms with van der Waals surface area (Å²) < 4.78 is 62.4. The Morgan fingerprint density at radius 1 is 0.500 bits per heavy atom. The quantitative estimate of drug-likeness (QED) is 0.0838. The van der Waals surface area contributed by atoms with E-state index >= 15 is 0 Å². The van der Waals surface area contributed by atoms with E-state index in [1.165, 1.54) is 0 Å². The van der Waals surface area contributed by atoms with Crippen LogP contribution in [0.3, 0.4) is 0 Å². The van der Waals surface area contributed by atoms with E-state index in [0.29, 0.717) is 24.7 Å². The van der Waals surface area contributed by atoms with E-state index in [0.717, 1.165) is 73.3 Å². The van der Waals surface area contributed by atoms with E-state index in [4.69, 9.17) is 27.6 Å². The highest BCUT2D eigenvalue weighted by Gasteiger charge is 2.29. The minimum absolute atomic E-state index is 0.105. The van der Waals surface area contributed by atoms with E-state index in [9.17, 15) is 9.13 Å². The van der Waals surface area contributed by atoms with Gasteiger partial charge in [-0.15, -0.1) is 0 Å². The fourth-order valence-electron chi connectivity index (χ4n) is 4.90. The highest BCUT2D eigenvalue weighted by molar-refractivity contribution is 7.53. The summed E-state index contributed by atoms with van der Waals surface area (Å²) in [4.78, 5) is 0. The number of benzene rings is 2. The van der Waals surface area contributed by atoms with Crippen LogP contribution in [0.2, 0.25) is 0 Å². The molecule has 0 aliphatic carbocycles. The second-order valence-corrected chi connectivity index (χ2v) is 14.3. The largest absolute Gasteiger partial charge is 0.493 e. The van der Waals surface area contributed by atoms with Gasteiger partial charge in [0.2, 0.25) is 0 Å². The Morgan fingerprint density at radius 3 is 1.17 bits per heavy atom. The number of unbranched alkanes of at least 4 members (excludes halogenated alkanes) is 6. The Labute approximate surface area is 254 Å². The van der Waals surface area contributed by atoms with Crippen molar-refractivity contribution in [3.63, 3.8) is 0 Å². The molecule has 0 atom stereocenters. The zero-order valence-corrected chi connectivity index (χ0v) is 28.6. The Morgan fingerprint density at radius 2 is 0.857 bits per heavy atom. The molecule has 0 aromatic heterocycles. The maximum Gasteiger partial charge on any atom is 0.335 e. The molecule has 0 aliphatic heterocycles. The monoisotopic (exact) mass is 628 g/mol. The Bertz CT molecular complexity index is 1040. The van der Waals surface area contributed by atoms with Gasteiger partial charge in [-0.1, -0.05) is 76.6 Å². The van der Waals surface area contributed by atoms with Gasteiger partial charge in [-0.3, -0.25) is 9.13 Å². The lowest BCUT2D eigenvalue weighted by Crippen LogP contribution is -2.07. The summed E-state index contributed by atoms with van der Waals surface area (Å²) in [5.41, 5.74) is 1.53. The van der Waals surface area contributed by atoms with E-state index < -0.39 is 15.2 Å². The van der Waals surface area contributed by atoms with Crippen LogP contribution in [0.1, 0.15) is 104 Å². The number of hydrogen-bond acceptors (Lipinski definition) is 8. The number of rotatable bonds is 24. The molecule has 2 aromatic rings. The SMILES string of the molecule is CCCCCCOc1c(CP(=O)(OCC)OCC)ccc2c(OCCCCCC)c(CP(=O)(OCC)OCC)ccc12. The van der Waals surface area contributed by atoms with Crippen molar-refractivity contribution in [2.45, 2.75) is 105 Å². The fourth-order valence-corrected chi connectivity index (χ4v) is 8.32. The molecule has 2 rings (SSSR count). The van der Waals surface area contributed by atoms with Crippen molar-refractivity contribution in [1.29, 1.82) is 0 Å². The molecule has 0 fully saturated rings. The molecule has 240 valence electrons. The third-order valence-corrected chi connectivity index (χ3v) is 10.8. The minimum atomic E-state index is -3.37. The predicted octanol–water partition coefficient (Wildman–Crippen LogP) is 10.3. The van der Waals surface area contributed by atoms with Crippen molar-refractivity contribution in [3.05, 3.63) is 35.4 Å². The lowest BCUT2D eigenvalue weighted by molar-refractivity contribution is 0.217. The number of hydrogen-bond donors (Lipinski definition) is 0. The molecule has 0 bridgehead atoms. The fraction of sp³-hybridized carbons (Fsp3) is 0.688. The lowest BCUT2D eigenvalue weighted by atomic mass is 10.0. The Kier molecular flexibility index (Phi) is 17.3. The van der Waals surface area contributed by atoms with Crippen LogP contribution < -0.4 is 9.47 Å². The predicted molar refractivity (Wildman–Crippen MR) is 172 cm³/mol. The van der Waals surface area contributed by atoms with Crippen molar-refractivity contribution in [1.82, 2.24) is 0 Å². The van der Waals surface area contributed by atoms with Crippen LogP contribution >= 0.6 is 15.2 Å². The lowest BCUT2D eigenvalue weighted by Gasteiger charge is -2.23. The van der Waals surface area contributed by atoms with Crippen molar-refractivity contribution in [2.75, 3.05) is 39.6 Å². The van der Waals surface area contributed by atoms with Crippen molar-refractivity contribution < 1.29 is 36.7 Å². The van der Waals surface area contributed by atoms with Crippen LogP contribution in [0.4, 0.5) is 0 Å². The second kappa shape index (κ2) is 19.8. The van der Waals surface area contributed by atoms with Crippen LogP contribution in [0, 0.1) is 0 Å². The highest BCUT2D eigenvalue weighted by Crippen LogP contribution is 2.55. The molecule has 0 radical (unpaired) electrons. The van der Waals surface area contributed by atoms with Gasteiger partial charge in [-0.25, -0.2) is 0 Å². The molecular formula is C32H54O8P2. The summed E-state index contributed by atoms with van der Waals surface area (Å²) in [6, 6.07) is 7.78. The first-order valence-corrected chi connectivity index (χ1v) is 19.3. The Balaban J connectivity index is 2.63. The topological polar surface area (TPSA) is 89.5 Å². The molecule has 0 amide bonds. The summed E-state index contributed by atoms with van der Waals surface area (Å²) in [6.07, 6.45) is 8.78. The number of fused-ring (bicyclic) bond motifs is 1. The van der Waals surface area contributed by atoms with Gasteiger partial charge in [-0.2, -0.15) is 0 Å². The van der Waals surface area contributed by atoms with Gasteiger partial charge in [0, 0.05) is 21.9 Å². The zero-order valence-electron chi connectivity index (χ0n) is 26.8. The molecule has 0 saturated heterocycles. The summed E-state index contributed by atoms with van der Waals surface area (Å²) in [6.45, 7) is 13.8. The summed E-state index contributed by atoms with van der Waals surface area (Å²) in [5, 5.41) is 1.69. The van der Waals surface area contributed by atoms with Crippen molar-refractivity contribution >= 4 is 26.0 Å². The standard InChI is InChI=1S/C32H54O8P2/c1-7-13-15-17-23-35-31-27(25-41(33,37-9-3)38-10-4)19-22-30-29(31)21-20-28(26-42(34,39-11-5)40-12-6)32(30)36-24-18-16-14-8-2/h19-22H,7-18,23-26H2,1-6H3. The summed E-state index contributed by atoms with van der Waals surface area (Å²) >= 11 is 0. The third kappa shape index (κ3) is 11.6. The molecule has 42 heavy (non-hydrogen) atoms. The zero-order chi connectivity index (χ0) is 30.8. The molecule has 8 nitrogen and oxygen atoms in total. The van der Waals surface area contributed by atoms with Gasteiger partial charge in [0.15, 0.2) is 0 Å². The minimum Gasteiger partial charge on any atom is -0.493 e. The highest BCUT2D eigenvalue weighted by atomic mass is 31.2. The summed E-state index contributed by atoms with van der Waals surface area (Å²) in [7, 11) is -6.74. The molecule has 0 heterocycles. The van der Waals surface area contributed by atoms with Gasteiger partial charge < -0.3 is 27.6 Å². The van der Waals surface area contributed by atoms with Gasteiger partial charge in [-0.05, 0) is 40.5 Å². The van der Waals surface area contributed by atoms with Crippen molar-refractivity contribution in [2.24, 2.45) is 0 Å². The molecule has 0 N–H and O–H groups in total. The van der Waals surface area contributed by atoms with Gasteiger partial charge in [0.25, 0.3) is 0 Å². The molecule has 0 unspecified atom stereocenters. The molecular weight excluding hydrogens is 574 g/mol. The average Bonchev–Trinajstić information content (AvgIpc) is 2.94. The first-order chi connectivity index (χ1) is 20.3. The second-order valence-electron chi connectivity index (χ2n) is 10.2. The molecule has 10 heteroatoms. The Hall–Kier alpha value is -1.40. The molecule has 0 spiro atoms. The third-order valence-electron chi connectivity index (χ3n) is 6.78. The number of ether oxygens (including phenoxy) is 2. The van der Waals surface area contributed by atoms with Crippen LogP contribution in [0.15, 0.2) is 24.3 Å². The molecule has 2 aromatic carbocycles. The van der Waals surface area contributed by atoms with E-state index in [-0.39, 0.29) is 38.8 Å². The first-order valence-electron chi connectivity index (χ1n) is 15.9. The molecule has 0 saturated carbocycles. The maximum atomic E-state index is 13.5. The van der Waals surface area contributed by atoms with Gasteiger partial charge in [0.05, 0.1) is 52.0 Å². The van der Waals surface area contributed by atoms with Gasteiger partial charge in [0.1, 0.15) is 11.5 Å². The van der Waals surface area contributed by atoms with E-state index in [1.807, 2.05) is 52.0 Å². The smallest absolute Gasteiger partial charge is 0.335 e. The van der Waals surface area contributed by atoms with Crippen LogP contribution in [-0.4, -0.2) is 39.6 Å². The van der Waals surface area contributed by atoms with E-state index in [2.05, 4.69) is 13.8 Å². The first kappa shape index (κ1) is 36.8. The van der Waals surface area contributed by atoms with Crippen molar-refractivity contribution in [3.8, 4) is 11.5 Å². The average molecular weight is 629 g/mol. The van der Waals surface area contributed by atoms with E-state index in [1.54, 1.807) is 0 Å². The maximum absolute atomic E-state index is 13.5. The molecule has 0 aliphatic rings. The normalized spacial score (nSPS) is 12.2.